The zero-order valence-corrected chi connectivity index (χ0v) is 11.4. The summed E-state index contributed by atoms with van der Waals surface area (Å²) in [5.41, 5.74) is -0.0769. The Labute approximate surface area is 105 Å². The van der Waals surface area contributed by atoms with Crippen molar-refractivity contribution < 1.29 is 4.79 Å². The average molecular weight is 238 g/mol. The van der Waals surface area contributed by atoms with E-state index in [2.05, 4.69) is 31.4 Å². The molecule has 0 aromatic heterocycles. The van der Waals surface area contributed by atoms with Crippen LogP contribution in [0.15, 0.2) is 0 Å². The molecular formula is C14H26N2O. The van der Waals surface area contributed by atoms with Gasteiger partial charge in [0.1, 0.15) is 0 Å². The van der Waals surface area contributed by atoms with E-state index in [1.165, 1.54) is 25.7 Å². The molecule has 1 saturated heterocycles. The van der Waals surface area contributed by atoms with Gasteiger partial charge in [0.2, 0.25) is 5.91 Å². The van der Waals surface area contributed by atoms with Crippen LogP contribution in [-0.2, 0) is 4.79 Å². The van der Waals surface area contributed by atoms with Gasteiger partial charge in [0.05, 0.1) is 6.04 Å². The molecule has 0 spiro atoms. The Morgan fingerprint density at radius 3 is 2.71 bits per heavy atom. The molecule has 0 bridgehead atoms. The molecule has 3 heteroatoms. The maximum atomic E-state index is 12.2. The highest BCUT2D eigenvalue weighted by molar-refractivity contribution is 5.82. The van der Waals surface area contributed by atoms with Crippen LogP contribution in [0.2, 0.25) is 0 Å². The van der Waals surface area contributed by atoms with E-state index in [1.807, 2.05) is 0 Å². The van der Waals surface area contributed by atoms with Gasteiger partial charge in [-0.3, -0.25) is 4.79 Å². The lowest BCUT2D eigenvalue weighted by atomic mass is 9.85. The van der Waals surface area contributed by atoms with Crippen LogP contribution in [0.5, 0.6) is 0 Å². The van der Waals surface area contributed by atoms with Gasteiger partial charge < -0.3 is 10.6 Å². The fourth-order valence-electron chi connectivity index (χ4n) is 3.03. The highest BCUT2D eigenvalue weighted by Crippen LogP contribution is 2.33. The Bertz CT molecular complexity index is 274. The van der Waals surface area contributed by atoms with Gasteiger partial charge in [-0.1, -0.05) is 19.8 Å². The summed E-state index contributed by atoms with van der Waals surface area (Å²) in [5, 5.41) is 6.68. The smallest absolute Gasteiger partial charge is 0.237 e. The minimum absolute atomic E-state index is 0.0499. The molecule has 0 radical (unpaired) electrons. The van der Waals surface area contributed by atoms with Gasteiger partial charge in [-0.25, -0.2) is 0 Å². The Morgan fingerprint density at radius 2 is 2.06 bits per heavy atom. The summed E-state index contributed by atoms with van der Waals surface area (Å²) >= 11 is 0. The van der Waals surface area contributed by atoms with Crippen molar-refractivity contribution in [2.24, 2.45) is 5.92 Å². The molecule has 1 aliphatic carbocycles. The van der Waals surface area contributed by atoms with E-state index in [0.717, 1.165) is 18.8 Å². The lowest BCUT2D eigenvalue weighted by Gasteiger charge is -2.26. The Hall–Kier alpha value is -0.570. The van der Waals surface area contributed by atoms with Gasteiger partial charge in [0.25, 0.3) is 0 Å². The summed E-state index contributed by atoms with van der Waals surface area (Å²) in [6, 6.07) is 0.651. The van der Waals surface area contributed by atoms with E-state index >= 15 is 0 Å². The fraction of sp³-hybridized carbons (Fsp3) is 0.929. The van der Waals surface area contributed by atoms with Crippen molar-refractivity contribution in [3.05, 3.63) is 0 Å². The number of hydrogen-bond donors (Lipinski definition) is 2. The van der Waals surface area contributed by atoms with E-state index < -0.39 is 0 Å². The van der Waals surface area contributed by atoms with Crippen LogP contribution in [0, 0.1) is 5.92 Å². The molecule has 0 aromatic rings. The number of carbonyl (C=O) groups excluding carboxylic acids is 1. The zero-order valence-electron chi connectivity index (χ0n) is 11.4. The molecule has 2 aliphatic rings. The lowest BCUT2D eigenvalue weighted by Crippen LogP contribution is -2.50. The maximum absolute atomic E-state index is 12.2. The van der Waals surface area contributed by atoms with Gasteiger partial charge in [0, 0.05) is 11.6 Å². The molecule has 0 aromatic carbocycles. The van der Waals surface area contributed by atoms with Gasteiger partial charge >= 0.3 is 0 Å². The molecule has 1 saturated carbocycles. The first-order valence-electron chi connectivity index (χ1n) is 7.10. The standard InChI is InChI=1S/C14H26N2O/c1-4-14(2,3)16-13(17)12-9-10-7-5-6-8-11(10)15-12/h10-12,15H,4-9H2,1-3H3,(H,16,17). The molecule has 2 fully saturated rings. The number of carbonyl (C=O) groups is 1. The maximum Gasteiger partial charge on any atom is 0.237 e. The van der Waals surface area contributed by atoms with E-state index in [4.69, 9.17) is 0 Å². The summed E-state index contributed by atoms with van der Waals surface area (Å²) in [7, 11) is 0. The van der Waals surface area contributed by atoms with Crippen molar-refractivity contribution in [1.82, 2.24) is 10.6 Å². The van der Waals surface area contributed by atoms with Gasteiger partial charge in [-0.15, -0.1) is 0 Å². The summed E-state index contributed by atoms with van der Waals surface area (Å²) < 4.78 is 0. The number of rotatable bonds is 3. The normalized spacial score (nSPS) is 33.2. The minimum Gasteiger partial charge on any atom is -0.350 e. The number of amides is 1. The largest absolute Gasteiger partial charge is 0.350 e. The molecule has 98 valence electrons. The molecular weight excluding hydrogens is 212 g/mol. The number of hydrogen-bond acceptors (Lipinski definition) is 2. The summed E-state index contributed by atoms with van der Waals surface area (Å²) in [6.07, 6.45) is 7.24. The van der Waals surface area contributed by atoms with E-state index in [-0.39, 0.29) is 17.5 Å². The third kappa shape index (κ3) is 3.01. The summed E-state index contributed by atoms with van der Waals surface area (Å²) in [6.45, 7) is 6.29. The van der Waals surface area contributed by atoms with Crippen molar-refractivity contribution in [3.63, 3.8) is 0 Å². The monoisotopic (exact) mass is 238 g/mol. The van der Waals surface area contributed by atoms with Crippen LogP contribution in [0.25, 0.3) is 0 Å². The van der Waals surface area contributed by atoms with Crippen LogP contribution in [0.1, 0.15) is 59.3 Å². The van der Waals surface area contributed by atoms with Crippen LogP contribution in [0.4, 0.5) is 0 Å². The SMILES string of the molecule is CCC(C)(C)NC(=O)C1CC2CCCCC2N1. The second kappa shape index (κ2) is 4.97. The predicted octanol–water partition coefficient (Wildman–Crippen LogP) is 2.21. The van der Waals surface area contributed by atoms with Crippen molar-refractivity contribution >= 4 is 5.91 Å². The third-order valence-electron chi connectivity index (χ3n) is 4.52. The molecule has 2 N–H and O–H groups in total. The lowest BCUT2D eigenvalue weighted by molar-refractivity contribution is -0.124. The first-order chi connectivity index (χ1) is 8.02. The molecule has 3 atom stereocenters. The van der Waals surface area contributed by atoms with Gasteiger partial charge in [-0.05, 0) is 45.4 Å². The molecule has 2 rings (SSSR count). The summed E-state index contributed by atoms with van der Waals surface area (Å²) in [5.74, 6) is 0.940. The Kier molecular flexibility index (Phi) is 3.76. The number of nitrogens with one attached hydrogen (secondary N) is 2. The average Bonchev–Trinajstić information content (AvgIpc) is 2.72. The zero-order chi connectivity index (χ0) is 12.5. The van der Waals surface area contributed by atoms with Crippen molar-refractivity contribution in [1.29, 1.82) is 0 Å². The van der Waals surface area contributed by atoms with Crippen LogP contribution >= 0.6 is 0 Å². The third-order valence-corrected chi connectivity index (χ3v) is 4.52. The van der Waals surface area contributed by atoms with Gasteiger partial charge in [0.15, 0.2) is 0 Å². The molecule has 3 unspecified atom stereocenters. The summed E-state index contributed by atoms with van der Waals surface area (Å²) in [4.78, 5) is 12.2. The predicted molar refractivity (Wildman–Crippen MR) is 69.8 cm³/mol. The highest BCUT2D eigenvalue weighted by Gasteiger charge is 2.38. The van der Waals surface area contributed by atoms with Gasteiger partial charge in [-0.2, -0.15) is 0 Å². The fourth-order valence-corrected chi connectivity index (χ4v) is 3.03. The second-order valence-electron chi connectivity index (χ2n) is 6.33. The Morgan fingerprint density at radius 1 is 1.35 bits per heavy atom. The minimum atomic E-state index is -0.0769. The van der Waals surface area contributed by atoms with Crippen molar-refractivity contribution in [3.8, 4) is 0 Å². The van der Waals surface area contributed by atoms with E-state index in [1.54, 1.807) is 0 Å². The molecule has 3 nitrogen and oxygen atoms in total. The first-order valence-corrected chi connectivity index (χ1v) is 7.10. The quantitative estimate of drug-likeness (QED) is 0.791. The molecule has 17 heavy (non-hydrogen) atoms. The first kappa shape index (κ1) is 12.9. The van der Waals surface area contributed by atoms with E-state index in [9.17, 15) is 4.79 Å². The van der Waals surface area contributed by atoms with Crippen molar-refractivity contribution in [2.45, 2.75) is 76.9 Å². The molecule has 1 heterocycles. The van der Waals surface area contributed by atoms with Crippen LogP contribution < -0.4 is 10.6 Å². The van der Waals surface area contributed by atoms with E-state index in [0.29, 0.717) is 6.04 Å². The molecule has 1 amide bonds. The highest BCUT2D eigenvalue weighted by atomic mass is 16.2. The van der Waals surface area contributed by atoms with Crippen molar-refractivity contribution in [2.75, 3.05) is 0 Å². The Balaban J connectivity index is 1.89. The molecule has 1 aliphatic heterocycles. The second-order valence-corrected chi connectivity index (χ2v) is 6.33. The number of fused-ring (bicyclic) bond motifs is 1. The topological polar surface area (TPSA) is 41.1 Å². The van der Waals surface area contributed by atoms with Crippen LogP contribution in [-0.4, -0.2) is 23.5 Å². The van der Waals surface area contributed by atoms with Crippen LogP contribution in [0.3, 0.4) is 0 Å².